The van der Waals surface area contributed by atoms with Crippen molar-refractivity contribution in [3.63, 3.8) is 0 Å². The fraction of sp³-hybridized carbons (Fsp3) is 0. The number of benzene rings is 1. The van der Waals surface area contributed by atoms with Gasteiger partial charge in [-0.15, -0.1) is 0 Å². The standard InChI is InChI=1S/C8H7ClN4/c9-6-1-7(10)3-8(2-6)13-5-11-4-12-13/h1-5H,10H2. The number of hydrogen-bond donors (Lipinski definition) is 1. The lowest BCUT2D eigenvalue weighted by Gasteiger charge is -2.02. The quantitative estimate of drug-likeness (QED) is 0.700. The summed E-state index contributed by atoms with van der Waals surface area (Å²) < 4.78 is 1.60. The van der Waals surface area contributed by atoms with E-state index in [0.29, 0.717) is 10.7 Å². The molecule has 5 heteroatoms. The summed E-state index contributed by atoms with van der Waals surface area (Å²) in [7, 11) is 0. The second kappa shape index (κ2) is 3.06. The van der Waals surface area contributed by atoms with Crippen LogP contribution in [0.15, 0.2) is 30.9 Å². The molecule has 0 fully saturated rings. The van der Waals surface area contributed by atoms with E-state index in [1.807, 2.05) is 0 Å². The van der Waals surface area contributed by atoms with Crippen LogP contribution in [0.1, 0.15) is 0 Å². The van der Waals surface area contributed by atoms with E-state index in [9.17, 15) is 0 Å². The Morgan fingerprint density at radius 2 is 2.15 bits per heavy atom. The number of nitrogen functional groups attached to an aromatic ring is 1. The minimum absolute atomic E-state index is 0.588. The first-order valence-corrected chi connectivity index (χ1v) is 4.04. The highest BCUT2D eigenvalue weighted by molar-refractivity contribution is 6.31. The van der Waals surface area contributed by atoms with Crippen LogP contribution >= 0.6 is 11.6 Å². The topological polar surface area (TPSA) is 56.7 Å². The third-order valence-corrected chi connectivity index (χ3v) is 1.81. The monoisotopic (exact) mass is 194 g/mol. The van der Waals surface area contributed by atoms with Crippen LogP contribution in [0.4, 0.5) is 5.69 Å². The summed E-state index contributed by atoms with van der Waals surface area (Å²) in [4.78, 5) is 3.83. The van der Waals surface area contributed by atoms with Crippen LogP contribution in [-0.4, -0.2) is 14.8 Å². The third-order valence-electron chi connectivity index (χ3n) is 1.59. The maximum absolute atomic E-state index is 5.83. The van der Waals surface area contributed by atoms with Crippen molar-refractivity contribution in [2.24, 2.45) is 0 Å². The number of aromatic nitrogens is 3. The Morgan fingerprint density at radius 3 is 2.77 bits per heavy atom. The van der Waals surface area contributed by atoms with Gasteiger partial charge in [0.05, 0.1) is 5.69 Å². The van der Waals surface area contributed by atoms with Crippen molar-refractivity contribution in [2.75, 3.05) is 5.73 Å². The highest BCUT2D eigenvalue weighted by Gasteiger charge is 1.99. The number of nitrogens with zero attached hydrogens (tertiary/aromatic N) is 3. The number of nitrogens with two attached hydrogens (primary N) is 1. The zero-order valence-corrected chi connectivity index (χ0v) is 7.44. The fourth-order valence-corrected chi connectivity index (χ4v) is 1.31. The maximum atomic E-state index is 5.83. The van der Waals surface area contributed by atoms with Gasteiger partial charge in [-0.25, -0.2) is 9.67 Å². The van der Waals surface area contributed by atoms with E-state index in [2.05, 4.69) is 10.1 Å². The number of halogens is 1. The van der Waals surface area contributed by atoms with Gasteiger partial charge in [-0.3, -0.25) is 0 Å². The van der Waals surface area contributed by atoms with Gasteiger partial charge in [-0.05, 0) is 18.2 Å². The van der Waals surface area contributed by atoms with Crippen molar-refractivity contribution >= 4 is 17.3 Å². The Hall–Kier alpha value is -1.55. The van der Waals surface area contributed by atoms with E-state index < -0.39 is 0 Å². The lowest BCUT2D eigenvalue weighted by molar-refractivity contribution is 0.879. The zero-order chi connectivity index (χ0) is 9.26. The highest BCUT2D eigenvalue weighted by Crippen LogP contribution is 2.18. The Kier molecular flexibility index (Phi) is 1.90. The van der Waals surface area contributed by atoms with Gasteiger partial charge in [0.15, 0.2) is 0 Å². The lowest BCUT2D eigenvalue weighted by atomic mass is 10.3. The average molecular weight is 195 g/mol. The molecule has 2 aromatic rings. The Bertz CT molecular complexity index is 390. The number of rotatable bonds is 1. The number of anilines is 1. The summed E-state index contributed by atoms with van der Waals surface area (Å²) in [5.41, 5.74) is 7.04. The zero-order valence-electron chi connectivity index (χ0n) is 6.68. The summed E-state index contributed by atoms with van der Waals surface area (Å²) in [6.07, 6.45) is 3.04. The van der Waals surface area contributed by atoms with Gasteiger partial charge < -0.3 is 5.73 Å². The third kappa shape index (κ3) is 1.62. The van der Waals surface area contributed by atoms with Crippen LogP contribution in [0.5, 0.6) is 0 Å². The lowest BCUT2D eigenvalue weighted by Crippen LogP contribution is -1.95. The second-order valence-corrected chi connectivity index (χ2v) is 3.02. The minimum atomic E-state index is 0.588. The Morgan fingerprint density at radius 1 is 1.31 bits per heavy atom. The van der Waals surface area contributed by atoms with Gasteiger partial charge in [0.1, 0.15) is 12.7 Å². The molecule has 66 valence electrons. The summed E-state index contributed by atoms with van der Waals surface area (Å²) in [5.74, 6) is 0. The van der Waals surface area contributed by atoms with E-state index >= 15 is 0 Å². The van der Waals surface area contributed by atoms with E-state index in [1.54, 1.807) is 29.2 Å². The molecular formula is C8H7ClN4. The van der Waals surface area contributed by atoms with Crippen molar-refractivity contribution < 1.29 is 0 Å². The molecule has 2 rings (SSSR count). The summed E-state index contributed by atoms with van der Waals surface area (Å²) in [6.45, 7) is 0. The molecule has 1 aromatic carbocycles. The molecule has 0 saturated carbocycles. The molecule has 0 aliphatic heterocycles. The van der Waals surface area contributed by atoms with Gasteiger partial charge in [0, 0.05) is 10.7 Å². The molecule has 0 spiro atoms. The first kappa shape index (κ1) is 8.07. The van der Waals surface area contributed by atoms with Crippen LogP contribution in [0.25, 0.3) is 5.69 Å². The van der Waals surface area contributed by atoms with Crippen LogP contribution in [0.2, 0.25) is 5.02 Å². The van der Waals surface area contributed by atoms with Crippen molar-refractivity contribution in [1.29, 1.82) is 0 Å². The molecule has 13 heavy (non-hydrogen) atoms. The van der Waals surface area contributed by atoms with E-state index in [0.717, 1.165) is 5.69 Å². The largest absolute Gasteiger partial charge is 0.399 e. The number of hydrogen-bond acceptors (Lipinski definition) is 3. The molecule has 0 saturated heterocycles. The fourth-order valence-electron chi connectivity index (χ4n) is 1.07. The SMILES string of the molecule is Nc1cc(Cl)cc(-n2cncn2)c1. The second-order valence-electron chi connectivity index (χ2n) is 2.58. The van der Waals surface area contributed by atoms with Gasteiger partial charge in [-0.1, -0.05) is 11.6 Å². The molecule has 0 amide bonds. The van der Waals surface area contributed by atoms with Gasteiger partial charge in [0.2, 0.25) is 0 Å². The van der Waals surface area contributed by atoms with E-state index in [4.69, 9.17) is 17.3 Å². The molecule has 0 atom stereocenters. The molecule has 1 heterocycles. The normalized spacial score (nSPS) is 10.2. The molecule has 4 nitrogen and oxygen atoms in total. The molecule has 1 aromatic heterocycles. The van der Waals surface area contributed by atoms with Crippen LogP contribution < -0.4 is 5.73 Å². The predicted molar refractivity (Wildman–Crippen MR) is 50.8 cm³/mol. The summed E-state index contributed by atoms with van der Waals surface area (Å²) in [5, 5.41) is 4.55. The first-order chi connectivity index (χ1) is 6.25. The van der Waals surface area contributed by atoms with E-state index in [-0.39, 0.29) is 0 Å². The highest BCUT2D eigenvalue weighted by atomic mass is 35.5. The van der Waals surface area contributed by atoms with Gasteiger partial charge >= 0.3 is 0 Å². The van der Waals surface area contributed by atoms with Gasteiger partial charge in [-0.2, -0.15) is 5.10 Å². The molecule has 0 aliphatic carbocycles. The predicted octanol–water partition coefficient (Wildman–Crippen LogP) is 1.50. The molecule has 2 N–H and O–H groups in total. The Labute approximate surface area is 80.0 Å². The molecule has 0 unspecified atom stereocenters. The molecule has 0 aliphatic rings. The molecule has 0 radical (unpaired) electrons. The summed E-state index contributed by atoms with van der Waals surface area (Å²) in [6, 6.07) is 5.23. The van der Waals surface area contributed by atoms with Crippen LogP contribution in [-0.2, 0) is 0 Å². The first-order valence-electron chi connectivity index (χ1n) is 3.67. The van der Waals surface area contributed by atoms with E-state index in [1.165, 1.54) is 6.33 Å². The smallest absolute Gasteiger partial charge is 0.138 e. The summed E-state index contributed by atoms with van der Waals surface area (Å²) >= 11 is 5.83. The molecular weight excluding hydrogens is 188 g/mol. The van der Waals surface area contributed by atoms with Gasteiger partial charge in [0.25, 0.3) is 0 Å². The minimum Gasteiger partial charge on any atom is -0.399 e. The van der Waals surface area contributed by atoms with Crippen LogP contribution in [0.3, 0.4) is 0 Å². The van der Waals surface area contributed by atoms with Crippen molar-refractivity contribution in [2.45, 2.75) is 0 Å². The maximum Gasteiger partial charge on any atom is 0.138 e. The van der Waals surface area contributed by atoms with Crippen LogP contribution in [0, 0.1) is 0 Å². The van der Waals surface area contributed by atoms with Crippen molar-refractivity contribution in [1.82, 2.24) is 14.8 Å². The average Bonchev–Trinajstić information content (AvgIpc) is 2.53. The Balaban J connectivity index is 2.53. The molecule has 0 bridgehead atoms. The van der Waals surface area contributed by atoms with Crippen molar-refractivity contribution in [3.05, 3.63) is 35.9 Å². The van der Waals surface area contributed by atoms with Crippen molar-refractivity contribution in [3.8, 4) is 5.69 Å².